The number of ketones is 1. The van der Waals surface area contributed by atoms with Crippen LogP contribution in [0.5, 0.6) is 0 Å². The van der Waals surface area contributed by atoms with E-state index in [1.54, 1.807) is 31.2 Å². The molecule has 0 aliphatic carbocycles. The molecule has 1 aromatic rings. The van der Waals surface area contributed by atoms with Crippen LogP contribution in [0.15, 0.2) is 46.0 Å². The summed E-state index contributed by atoms with van der Waals surface area (Å²) in [5.74, 6) is -2.05. The van der Waals surface area contributed by atoms with Gasteiger partial charge in [-0.05, 0) is 18.6 Å². The summed E-state index contributed by atoms with van der Waals surface area (Å²) >= 11 is 0. The average Bonchev–Trinajstić information content (AvgIpc) is 2.40. The minimum atomic E-state index is -1.12. The number of hydrogen-bond acceptors (Lipinski definition) is 6. The summed E-state index contributed by atoms with van der Waals surface area (Å²) in [6.07, 6.45) is 0. The Morgan fingerprint density at radius 2 is 1.94 bits per heavy atom. The summed E-state index contributed by atoms with van der Waals surface area (Å²) in [6.45, 7) is 1.79. The lowest BCUT2D eigenvalue weighted by Crippen LogP contribution is -1.99. The molecule has 18 heavy (non-hydrogen) atoms. The van der Waals surface area contributed by atoms with Gasteiger partial charge in [0, 0.05) is 0 Å². The summed E-state index contributed by atoms with van der Waals surface area (Å²) in [6, 6.07) is 9.57. The molecule has 0 aromatic heterocycles. The SMILES string of the molecule is Cc1ccccc1N=N/C(C(=O)C#N)=C(\O)C#N. The Morgan fingerprint density at radius 3 is 2.50 bits per heavy atom. The second-order valence-corrected chi connectivity index (χ2v) is 3.24. The van der Waals surface area contributed by atoms with Gasteiger partial charge in [-0.15, -0.1) is 10.2 Å². The van der Waals surface area contributed by atoms with Gasteiger partial charge >= 0.3 is 0 Å². The molecule has 0 saturated heterocycles. The molecule has 1 aromatic carbocycles. The van der Waals surface area contributed by atoms with Crippen LogP contribution in [0.1, 0.15) is 5.56 Å². The molecule has 0 spiro atoms. The molecule has 0 bridgehead atoms. The van der Waals surface area contributed by atoms with E-state index in [-0.39, 0.29) is 0 Å². The molecule has 6 nitrogen and oxygen atoms in total. The highest BCUT2D eigenvalue weighted by Gasteiger charge is 2.14. The van der Waals surface area contributed by atoms with E-state index in [9.17, 15) is 4.79 Å². The number of rotatable bonds is 3. The molecular weight excluding hydrogens is 232 g/mol. The summed E-state index contributed by atoms with van der Waals surface area (Å²) < 4.78 is 0. The van der Waals surface area contributed by atoms with Crippen molar-refractivity contribution in [3.8, 4) is 12.1 Å². The number of benzene rings is 1. The van der Waals surface area contributed by atoms with E-state index in [4.69, 9.17) is 15.6 Å². The predicted octanol–water partition coefficient (Wildman–Crippen LogP) is 2.46. The minimum Gasteiger partial charge on any atom is -0.498 e. The molecule has 0 fully saturated rings. The van der Waals surface area contributed by atoms with E-state index in [0.717, 1.165) is 5.56 Å². The standard InChI is InChI=1S/C12H8N4O2/c1-8-4-2-3-5-9(8)15-16-12(10(17)6-13)11(18)7-14/h2-5,17H,1H3/b12-10-,16-15?. The Labute approximate surface area is 103 Å². The summed E-state index contributed by atoms with van der Waals surface area (Å²) in [5, 5.41) is 33.3. The average molecular weight is 240 g/mol. The van der Waals surface area contributed by atoms with Gasteiger partial charge in [-0.2, -0.15) is 10.5 Å². The normalized spacial score (nSPS) is 11.5. The minimum absolute atomic E-state index is 0.478. The van der Waals surface area contributed by atoms with Crippen LogP contribution in [0.3, 0.4) is 0 Å². The van der Waals surface area contributed by atoms with Gasteiger partial charge in [0.1, 0.15) is 12.1 Å². The van der Waals surface area contributed by atoms with Crippen molar-refractivity contribution in [2.24, 2.45) is 10.2 Å². The van der Waals surface area contributed by atoms with Gasteiger partial charge in [0.15, 0.2) is 5.70 Å². The first-order chi connectivity index (χ1) is 8.60. The van der Waals surface area contributed by atoms with Crippen molar-refractivity contribution in [1.29, 1.82) is 10.5 Å². The van der Waals surface area contributed by atoms with Gasteiger partial charge in [-0.25, -0.2) is 0 Å². The number of azo groups is 1. The topological polar surface area (TPSA) is 110 Å². The summed E-state index contributed by atoms with van der Waals surface area (Å²) in [7, 11) is 0. The number of allylic oxidation sites excluding steroid dienone is 2. The fourth-order valence-electron chi connectivity index (χ4n) is 1.09. The Balaban J connectivity index is 3.16. The molecule has 0 aliphatic rings. The van der Waals surface area contributed by atoms with Crippen molar-refractivity contribution in [2.75, 3.05) is 0 Å². The first kappa shape index (κ1) is 13.1. The predicted molar refractivity (Wildman–Crippen MR) is 61.6 cm³/mol. The van der Waals surface area contributed by atoms with Gasteiger partial charge in [0.25, 0.3) is 5.78 Å². The maximum Gasteiger partial charge on any atom is 0.286 e. The highest BCUT2D eigenvalue weighted by Crippen LogP contribution is 2.19. The third kappa shape index (κ3) is 3.00. The third-order valence-corrected chi connectivity index (χ3v) is 2.02. The maximum absolute atomic E-state index is 11.1. The van der Waals surface area contributed by atoms with E-state index in [2.05, 4.69) is 10.2 Å². The number of aliphatic hydroxyl groups excluding tert-OH is 1. The van der Waals surface area contributed by atoms with Crippen LogP contribution in [-0.4, -0.2) is 10.9 Å². The van der Waals surface area contributed by atoms with Crippen molar-refractivity contribution >= 4 is 11.5 Å². The van der Waals surface area contributed by atoms with Crippen LogP contribution in [0.4, 0.5) is 5.69 Å². The Morgan fingerprint density at radius 1 is 1.28 bits per heavy atom. The molecule has 1 N–H and O–H groups in total. The number of hydrogen-bond donors (Lipinski definition) is 1. The highest BCUT2D eigenvalue weighted by molar-refractivity contribution is 6.07. The number of carbonyl (C=O) groups is 1. The van der Waals surface area contributed by atoms with Gasteiger partial charge in [0.2, 0.25) is 5.76 Å². The molecule has 88 valence electrons. The Bertz CT molecular complexity index is 618. The highest BCUT2D eigenvalue weighted by atomic mass is 16.3. The lowest BCUT2D eigenvalue weighted by molar-refractivity contribution is -0.110. The van der Waals surface area contributed by atoms with Crippen molar-refractivity contribution in [3.63, 3.8) is 0 Å². The second-order valence-electron chi connectivity index (χ2n) is 3.24. The number of carbonyl (C=O) groups excluding carboxylic acids is 1. The number of nitriles is 2. The van der Waals surface area contributed by atoms with Crippen LogP contribution in [0.25, 0.3) is 0 Å². The van der Waals surface area contributed by atoms with Crippen LogP contribution < -0.4 is 0 Å². The monoisotopic (exact) mass is 240 g/mol. The zero-order valence-corrected chi connectivity index (χ0v) is 9.45. The summed E-state index contributed by atoms with van der Waals surface area (Å²) in [5.41, 5.74) is 0.621. The molecule has 0 atom stereocenters. The second kappa shape index (κ2) is 5.92. The quantitative estimate of drug-likeness (QED) is 0.218. The first-order valence-electron chi connectivity index (χ1n) is 4.85. The Kier molecular flexibility index (Phi) is 4.30. The molecule has 0 radical (unpaired) electrons. The van der Waals surface area contributed by atoms with E-state index < -0.39 is 17.2 Å². The molecular formula is C12H8N4O2. The smallest absolute Gasteiger partial charge is 0.286 e. The summed E-state index contributed by atoms with van der Waals surface area (Å²) in [4.78, 5) is 11.1. The van der Waals surface area contributed by atoms with E-state index >= 15 is 0 Å². The fourth-order valence-corrected chi connectivity index (χ4v) is 1.09. The Hall–Kier alpha value is -2.99. The molecule has 1 rings (SSSR count). The zero-order chi connectivity index (χ0) is 13.5. The number of aryl methyl sites for hydroxylation is 1. The van der Waals surface area contributed by atoms with Crippen LogP contribution in [0, 0.1) is 29.6 Å². The third-order valence-electron chi connectivity index (χ3n) is 2.02. The zero-order valence-electron chi connectivity index (χ0n) is 9.45. The van der Waals surface area contributed by atoms with Crippen molar-refractivity contribution in [3.05, 3.63) is 41.3 Å². The van der Waals surface area contributed by atoms with Crippen LogP contribution >= 0.6 is 0 Å². The number of aliphatic hydroxyl groups is 1. The fraction of sp³-hybridized carbons (Fsp3) is 0.0833. The first-order valence-corrected chi connectivity index (χ1v) is 4.85. The van der Waals surface area contributed by atoms with E-state index in [0.29, 0.717) is 5.69 Å². The lowest BCUT2D eigenvalue weighted by atomic mass is 10.2. The number of Topliss-reactive ketones (excluding diaryl/α,β-unsaturated/α-hetero) is 1. The van der Waals surface area contributed by atoms with E-state index in [1.807, 2.05) is 0 Å². The van der Waals surface area contributed by atoms with Gasteiger partial charge < -0.3 is 5.11 Å². The largest absolute Gasteiger partial charge is 0.498 e. The van der Waals surface area contributed by atoms with Crippen molar-refractivity contribution in [2.45, 2.75) is 6.92 Å². The molecule has 6 heteroatoms. The molecule has 0 aliphatic heterocycles. The molecule has 0 saturated carbocycles. The maximum atomic E-state index is 11.1. The van der Waals surface area contributed by atoms with Crippen molar-refractivity contribution < 1.29 is 9.90 Å². The number of nitrogens with zero attached hydrogens (tertiary/aromatic N) is 4. The van der Waals surface area contributed by atoms with Gasteiger partial charge in [0.05, 0.1) is 5.69 Å². The van der Waals surface area contributed by atoms with Crippen LogP contribution in [0.2, 0.25) is 0 Å². The lowest BCUT2D eigenvalue weighted by Gasteiger charge is -1.97. The van der Waals surface area contributed by atoms with Gasteiger partial charge in [-0.3, -0.25) is 4.79 Å². The van der Waals surface area contributed by atoms with Crippen molar-refractivity contribution in [1.82, 2.24) is 0 Å². The molecule has 0 heterocycles. The van der Waals surface area contributed by atoms with Gasteiger partial charge in [-0.1, -0.05) is 18.2 Å². The van der Waals surface area contributed by atoms with E-state index in [1.165, 1.54) is 12.1 Å². The molecule has 0 unspecified atom stereocenters. The molecule has 0 amide bonds. The van der Waals surface area contributed by atoms with Crippen LogP contribution in [-0.2, 0) is 4.79 Å².